The first-order valence-electron chi connectivity index (χ1n) is 4.85. The Morgan fingerprint density at radius 1 is 1.27 bits per heavy atom. The molecule has 1 saturated heterocycles. The molecule has 86 valence electrons. The Labute approximate surface area is 88.4 Å². The van der Waals surface area contributed by atoms with Crippen LogP contribution >= 0.6 is 0 Å². The number of hydrogen-bond acceptors (Lipinski definition) is 4. The molecule has 1 aliphatic rings. The van der Waals surface area contributed by atoms with Gasteiger partial charge in [0.15, 0.2) is 0 Å². The van der Waals surface area contributed by atoms with Gasteiger partial charge < -0.3 is 19.6 Å². The summed E-state index contributed by atoms with van der Waals surface area (Å²) in [5.74, 6) is -0.124. The minimum absolute atomic E-state index is 0.0321. The molecule has 0 aromatic heterocycles. The molecule has 2 amide bonds. The maximum Gasteiger partial charge on any atom is 0.242 e. The van der Waals surface area contributed by atoms with E-state index in [-0.39, 0.29) is 38.1 Å². The van der Waals surface area contributed by atoms with Crippen molar-refractivity contribution in [3.05, 3.63) is 0 Å². The van der Waals surface area contributed by atoms with Crippen LogP contribution in [0.1, 0.15) is 0 Å². The van der Waals surface area contributed by atoms with E-state index < -0.39 is 0 Å². The van der Waals surface area contributed by atoms with Crippen LogP contribution in [-0.4, -0.2) is 73.2 Å². The van der Waals surface area contributed by atoms with E-state index in [1.165, 1.54) is 9.80 Å². The molecule has 1 fully saturated rings. The van der Waals surface area contributed by atoms with Gasteiger partial charge in [-0.2, -0.15) is 0 Å². The average Bonchev–Trinajstić information content (AvgIpc) is 2.20. The van der Waals surface area contributed by atoms with Crippen LogP contribution in [0.2, 0.25) is 0 Å². The number of aliphatic hydroxyl groups excluding tert-OH is 1. The maximum absolute atomic E-state index is 11.4. The lowest BCUT2D eigenvalue weighted by Gasteiger charge is -2.31. The minimum atomic E-state index is -0.0651. The van der Waals surface area contributed by atoms with E-state index in [2.05, 4.69) is 0 Å². The summed E-state index contributed by atoms with van der Waals surface area (Å²) < 4.78 is 5.03. The van der Waals surface area contributed by atoms with Crippen molar-refractivity contribution in [2.75, 3.05) is 46.5 Å². The van der Waals surface area contributed by atoms with Crippen LogP contribution in [0.15, 0.2) is 0 Å². The molecule has 6 nitrogen and oxygen atoms in total. The lowest BCUT2D eigenvalue weighted by atomic mass is 10.3. The number of aliphatic hydroxyl groups is 1. The van der Waals surface area contributed by atoms with Gasteiger partial charge in [-0.15, -0.1) is 0 Å². The normalized spacial score (nSPS) is 17.5. The molecule has 0 spiro atoms. The van der Waals surface area contributed by atoms with Crippen LogP contribution in [0.25, 0.3) is 0 Å². The van der Waals surface area contributed by atoms with Crippen LogP contribution in [0.3, 0.4) is 0 Å². The van der Waals surface area contributed by atoms with Gasteiger partial charge >= 0.3 is 0 Å². The molecular weight excluding hydrogens is 200 g/mol. The maximum atomic E-state index is 11.4. The van der Waals surface area contributed by atoms with Crippen LogP contribution in [0, 0.1) is 0 Å². The third kappa shape index (κ3) is 3.49. The number of carbonyl (C=O) groups excluding carboxylic acids is 2. The van der Waals surface area contributed by atoms with Gasteiger partial charge in [-0.05, 0) is 0 Å². The van der Waals surface area contributed by atoms with E-state index in [0.717, 1.165) is 0 Å². The van der Waals surface area contributed by atoms with E-state index in [1.807, 2.05) is 0 Å². The van der Waals surface area contributed by atoms with Gasteiger partial charge in [-0.25, -0.2) is 0 Å². The molecule has 0 saturated carbocycles. The minimum Gasteiger partial charge on any atom is -0.394 e. The van der Waals surface area contributed by atoms with Gasteiger partial charge in [0.1, 0.15) is 0 Å². The van der Waals surface area contributed by atoms with Crippen molar-refractivity contribution >= 4 is 11.8 Å². The summed E-state index contributed by atoms with van der Waals surface area (Å²) >= 11 is 0. The number of nitrogens with zero attached hydrogens (tertiary/aromatic N) is 2. The number of rotatable bonds is 5. The third-order valence-corrected chi connectivity index (χ3v) is 2.22. The summed E-state index contributed by atoms with van der Waals surface area (Å²) in [5, 5.41) is 8.47. The van der Waals surface area contributed by atoms with Crippen LogP contribution in [-0.2, 0) is 14.3 Å². The Kier molecular flexibility index (Phi) is 4.51. The lowest BCUT2D eigenvalue weighted by Crippen LogP contribution is -2.52. The Morgan fingerprint density at radius 3 is 2.67 bits per heavy atom. The fraction of sp³-hybridized carbons (Fsp3) is 0.778. The summed E-state index contributed by atoms with van der Waals surface area (Å²) in [7, 11) is 1.61. The molecule has 1 heterocycles. The van der Waals surface area contributed by atoms with E-state index in [1.54, 1.807) is 7.05 Å². The van der Waals surface area contributed by atoms with Crippen molar-refractivity contribution in [3.8, 4) is 0 Å². The van der Waals surface area contributed by atoms with E-state index in [0.29, 0.717) is 13.2 Å². The molecule has 0 aromatic carbocycles. The van der Waals surface area contributed by atoms with Gasteiger partial charge in [0.05, 0.1) is 32.9 Å². The standard InChI is InChI=1S/C9H16N2O4/c1-10-6-9(14)11(7-8(10)13)2-4-15-5-3-12/h12H,2-7H2,1H3. The third-order valence-electron chi connectivity index (χ3n) is 2.22. The van der Waals surface area contributed by atoms with Crippen LogP contribution < -0.4 is 0 Å². The smallest absolute Gasteiger partial charge is 0.242 e. The van der Waals surface area contributed by atoms with E-state index in [9.17, 15) is 9.59 Å². The Bertz CT molecular complexity index is 244. The first kappa shape index (κ1) is 11.9. The average molecular weight is 216 g/mol. The van der Waals surface area contributed by atoms with Crippen molar-refractivity contribution in [3.63, 3.8) is 0 Å². The highest BCUT2D eigenvalue weighted by molar-refractivity contribution is 5.92. The predicted molar refractivity (Wildman–Crippen MR) is 52.1 cm³/mol. The Balaban J connectivity index is 2.29. The molecule has 0 aromatic rings. The zero-order chi connectivity index (χ0) is 11.3. The molecule has 0 bridgehead atoms. The molecular formula is C9H16N2O4. The SMILES string of the molecule is CN1CC(=O)N(CCOCCO)CC1=O. The number of hydrogen-bond donors (Lipinski definition) is 1. The van der Waals surface area contributed by atoms with Crippen molar-refractivity contribution in [2.45, 2.75) is 0 Å². The highest BCUT2D eigenvalue weighted by Gasteiger charge is 2.26. The van der Waals surface area contributed by atoms with Gasteiger partial charge in [0, 0.05) is 13.6 Å². The summed E-state index contributed by atoms with van der Waals surface area (Å²) in [6.07, 6.45) is 0. The Hall–Kier alpha value is -1.14. The molecule has 1 rings (SSSR count). The molecule has 6 heteroatoms. The second-order valence-electron chi connectivity index (χ2n) is 3.40. The molecule has 0 aliphatic carbocycles. The lowest BCUT2D eigenvalue weighted by molar-refractivity contribution is -0.149. The van der Waals surface area contributed by atoms with Gasteiger partial charge in [-0.3, -0.25) is 9.59 Å². The summed E-state index contributed by atoms with van der Waals surface area (Å²) in [4.78, 5) is 25.6. The first-order chi connectivity index (χ1) is 7.15. The van der Waals surface area contributed by atoms with Crippen LogP contribution in [0.5, 0.6) is 0 Å². The summed E-state index contributed by atoms with van der Waals surface area (Å²) in [6, 6.07) is 0. The second kappa shape index (κ2) is 5.67. The Morgan fingerprint density at radius 2 is 2.00 bits per heavy atom. The summed E-state index contributed by atoms with van der Waals surface area (Å²) in [5.41, 5.74) is 0. The largest absolute Gasteiger partial charge is 0.394 e. The highest BCUT2D eigenvalue weighted by atomic mass is 16.5. The monoisotopic (exact) mass is 216 g/mol. The van der Waals surface area contributed by atoms with Gasteiger partial charge in [0.25, 0.3) is 0 Å². The zero-order valence-corrected chi connectivity index (χ0v) is 8.81. The topological polar surface area (TPSA) is 70.1 Å². The first-order valence-corrected chi connectivity index (χ1v) is 4.85. The quantitative estimate of drug-likeness (QED) is 0.556. The molecule has 0 unspecified atom stereocenters. The van der Waals surface area contributed by atoms with Gasteiger partial charge in [0.2, 0.25) is 11.8 Å². The second-order valence-corrected chi connectivity index (χ2v) is 3.40. The predicted octanol–water partition coefficient (Wildman–Crippen LogP) is -1.70. The molecule has 0 radical (unpaired) electrons. The number of ether oxygens (including phenoxy) is 1. The fourth-order valence-electron chi connectivity index (χ4n) is 1.31. The molecule has 1 aliphatic heterocycles. The van der Waals surface area contributed by atoms with Gasteiger partial charge in [-0.1, -0.05) is 0 Å². The van der Waals surface area contributed by atoms with Crippen molar-refractivity contribution < 1.29 is 19.4 Å². The number of piperazine rings is 1. The summed E-state index contributed by atoms with van der Waals surface area (Å²) in [6.45, 7) is 1.24. The van der Waals surface area contributed by atoms with Crippen molar-refractivity contribution in [2.24, 2.45) is 0 Å². The molecule has 1 N–H and O–H groups in total. The number of amides is 2. The van der Waals surface area contributed by atoms with Crippen molar-refractivity contribution in [1.82, 2.24) is 9.80 Å². The highest BCUT2D eigenvalue weighted by Crippen LogP contribution is 2.01. The van der Waals surface area contributed by atoms with Crippen LogP contribution in [0.4, 0.5) is 0 Å². The fourth-order valence-corrected chi connectivity index (χ4v) is 1.31. The number of likely N-dealkylation sites (N-methyl/N-ethyl adjacent to an activating group) is 1. The molecule has 15 heavy (non-hydrogen) atoms. The van der Waals surface area contributed by atoms with E-state index >= 15 is 0 Å². The zero-order valence-electron chi connectivity index (χ0n) is 8.81. The van der Waals surface area contributed by atoms with Crippen molar-refractivity contribution in [1.29, 1.82) is 0 Å². The van der Waals surface area contributed by atoms with E-state index in [4.69, 9.17) is 9.84 Å². The molecule has 0 atom stereocenters. The number of carbonyl (C=O) groups is 2.